The lowest BCUT2D eigenvalue weighted by atomic mass is 10.1. The van der Waals surface area contributed by atoms with E-state index >= 15 is 0 Å². The van der Waals surface area contributed by atoms with Crippen molar-refractivity contribution in [1.82, 2.24) is 9.88 Å². The number of hydrogen-bond acceptors (Lipinski definition) is 3. The zero-order chi connectivity index (χ0) is 23.2. The molecule has 0 aliphatic heterocycles. The number of benzene rings is 3. The van der Waals surface area contributed by atoms with Crippen LogP contribution in [0.15, 0.2) is 83.7 Å². The van der Waals surface area contributed by atoms with Crippen LogP contribution in [-0.4, -0.2) is 29.6 Å². The van der Waals surface area contributed by atoms with Crippen LogP contribution in [0.25, 0.3) is 10.9 Å². The number of methoxy groups -OCH3 is 1. The van der Waals surface area contributed by atoms with E-state index in [1.165, 1.54) is 24.3 Å². The summed E-state index contributed by atoms with van der Waals surface area (Å²) in [6.07, 6.45) is 0.625. The number of carbonyl (C=O) groups excluding carboxylic acids is 1. The molecule has 0 saturated carbocycles. The summed E-state index contributed by atoms with van der Waals surface area (Å²) < 4.78 is 18.4. The minimum atomic E-state index is -0.381. The highest BCUT2D eigenvalue weighted by Gasteiger charge is 2.17. The Hall–Kier alpha value is -4.13. The molecule has 0 aliphatic rings. The average molecular weight is 445 g/mol. The zero-order valence-electron chi connectivity index (χ0n) is 18.2. The summed E-state index contributed by atoms with van der Waals surface area (Å²) >= 11 is 0. The van der Waals surface area contributed by atoms with E-state index in [1.807, 2.05) is 42.5 Å². The van der Waals surface area contributed by atoms with Gasteiger partial charge in [-0.2, -0.15) is 0 Å². The molecule has 4 aromatic rings. The van der Waals surface area contributed by atoms with Crippen molar-refractivity contribution < 1.29 is 13.9 Å². The van der Waals surface area contributed by atoms with Crippen LogP contribution in [0.2, 0.25) is 0 Å². The molecule has 2 N–H and O–H groups in total. The number of aromatic nitrogens is 1. The fourth-order valence-electron chi connectivity index (χ4n) is 3.57. The van der Waals surface area contributed by atoms with E-state index in [0.717, 1.165) is 10.9 Å². The number of ether oxygens (including phenoxy) is 1. The summed E-state index contributed by atoms with van der Waals surface area (Å²) in [6, 6.07) is 22.2. The second kappa shape index (κ2) is 9.99. The molecule has 0 aliphatic carbocycles. The monoisotopic (exact) mass is 445 g/mol. The zero-order valence-corrected chi connectivity index (χ0v) is 18.2. The van der Waals surface area contributed by atoms with Crippen LogP contribution in [0, 0.1) is 5.82 Å². The molecule has 4 rings (SSSR count). The predicted octanol–water partition coefficient (Wildman–Crippen LogP) is 4.95. The van der Waals surface area contributed by atoms with Gasteiger partial charge >= 0.3 is 6.03 Å². The number of pyridine rings is 1. The molecular formula is C26H24FN3O3. The van der Waals surface area contributed by atoms with Gasteiger partial charge in [0.25, 0.3) is 5.56 Å². The Morgan fingerprint density at radius 3 is 2.52 bits per heavy atom. The van der Waals surface area contributed by atoms with E-state index in [2.05, 4.69) is 10.3 Å². The number of rotatable bonds is 7. The van der Waals surface area contributed by atoms with Crippen LogP contribution in [0.1, 0.15) is 11.1 Å². The largest absolute Gasteiger partial charge is 0.497 e. The molecule has 168 valence electrons. The minimum absolute atomic E-state index is 0.122. The molecule has 0 radical (unpaired) electrons. The van der Waals surface area contributed by atoms with Gasteiger partial charge in [0, 0.05) is 23.9 Å². The number of nitrogens with one attached hydrogen (secondary N) is 2. The van der Waals surface area contributed by atoms with Gasteiger partial charge in [-0.15, -0.1) is 0 Å². The number of aromatic amines is 1. The number of amides is 2. The molecule has 0 spiro atoms. The van der Waals surface area contributed by atoms with Crippen LogP contribution >= 0.6 is 0 Å². The van der Waals surface area contributed by atoms with Crippen molar-refractivity contribution in [1.29, 1.82) is 0 Å². The Kier molecular flexibility index (Phi) is 6.69. The van der Waals surface area contributed by atoms with E-state index in [0.29, 0.717) is 35.5 Å². The van der Waals surface area contributed by atoms with E-state index < -0.39 is 0 Å². The lowest BCUT2D eigenvalue weighted by Crippen LogP contribution is -2.37. The fraction of sp³-hybridized carbons (Fsp3) is 0.154. The summed E-state index contributed by atoms with van der Waals surface area (Å²) in [6.45, 7) is 0.522. The summed E-state index contributed by atoms with van der Waals surface area (Å²) in [5, 5.41) is 3.63. The SMILES string of the molecule is COc1ccc2cc(CN(CCc3ccccc3)C(=O)Nc3ccc(F)cc3)c(=O)[nH]c2c1. The lowest BCUT2D eigenvalue weighted by molar-refractivity contribution is 0.209. The Morgan fingerprint density at radius 1 is 1.03 bits per heavy atom. The van der Waals surface area contributed by atoms with Crippen LogP contribution in [-0.2, 0) is 13.0 Å². The maximum absolute atomic E-state index is 13.2. The second-order valence-corrected chi connectivity index (χ2v) is 7.67. The van der Waals surface area contributed by atoms with Crippen molar-refractivity contribution in [3.8, 4) is 5.75 Å². The molecule has 0 fully saturated rings. The minimum Gasteiger partial charge on any atom is -0.497 e. The van der Waals surface area contributed by atoms with Crippen LogP contribution in [0.5, 0.6) is 5.75 Å². The number of carbonyl (C=O) groups is 1. The van der Waals surface area contributed by atoms with E-state index in [-0.39, 0.29) is 24.0 Å². The van der Waals surface area contributed by atoms with Gasteiger partial charge in [-0.05, 0) is 59.8 Å². The smallest absolute Gasteiger partial charge is 0.322 e. The van der Waals surface area contributed by atoms with Crippen molar-refractivity contribution in [2.24, 2.45) is 0 Å². The van der Waals surface area contributed by atoms with Gasteiger partial charge in [0.05, 0.1) is 19.2 Å². The predicted molar refractivity (Wildman–Crippen MR) is 127 cm³/mol. The molecule has 33 heavy (non-hydrogen) atoms. The second-order valence-electron chi connectivity index (χ2n) is 7.67. The van der Waals surface area contributed by atoms with Crippen molar-refractivity contribution in [3.63, 3.8) is 0 Å². The maximum Gasteiger partial charge on any atom is 0.322 e. The van der Waals surface area contributed by atoms with Gasteiger partial charge in [0.15, 0.2) is 0 Å². The van der Waals surface area contributed by atoms with Crippen molar-refractivity contribution in [2.45, 2.75) is 13.0 Å². The van der Waals surface area contributed by atoms with Gasteiger partial charge in [0.1, 0.15) is 11.6 Å². The quantitative estimate of drug-likeness (QED) is 0.423. The highest BCUT2D eigenvalue weighted by Crippen LogP contribution is 2.19. The Labute approximate surface area is 190 Å². The van der Waals surface area contributed by atoms with Gasteiger partial charge in [-0.25, -0.2) is 9.18 Å². The molecule has 3 aromatic carbocycles. The first-order valence-corrected chi connectivity index (χ1v) is 10.6. The Bertz CT molecular complexity index is 1300. The fourth-order valence-corrected chi connectivity index (χ4v) is 3.57. The van der Waals surface area contributed by atoms with Gasteiger partial charge in [-0.3, -0.25) is 4.79 Å². The van der Waals surface area contributed by atoms with Crippen LogP contribution in [0.4, 0.5) is 14.9 Å². The molecular weight excluding hydrogens is 421 g/mol. The average Bonchev–Trinajstić information content (AvgIpc) is 2.83. The van der Waals surface area contributed by atoms with Crippen LogP contribution in [0.3, 0.4) is 0 Å². The standard InChI is InChI=1S/C26H24FN3O3/c1-33-23-12-7-19-15-20(25(31)29-24(19)16-23)17-30(14-13-18-5-3-2-4-6-18)26(32)28-22-10-8-21(27)9-11-22/h2-12,15-16H,13-14,17H2,1H3,(H,28,32)(H,29,31). The normalized spacial score (nSPS) is 10.7. The highest BCUT2D eigenvalue weighted by atomic mass is 19.1. The Morgan fingerprint density at radius 2 is 1.79 bits per heavy atom. The summed E-state index contributed by atoms with van der Waals surface area (Å²) in [5.74, 6) is 0.266. The number of fused-ring (bicyclic) bond motifs is 1. The van der Waals surface area contributed by atoms with Crippen LogP contribution < -0.4 is 15.6 Å². The van der Waals surface area contributed by atoms with Gasteiger partial charge in [0.2, 0.25) is 0 Å². The number of nitrogens with zero attached hydrogens (tertiary/aromatic N) is 1. The van der Waals surface area contributed by atoms with Gasteiger partial charge < -0.3 is 19.9 Å². The summed E-state index contributed by atoms with van der Waals surface area (Å²) in [5.41, 5.74) is 2.42. The topological polar surface area (TPSA) is 74.4 Å². The number of H-pyrrole nitrogens is 1. The van der Waals surface area contributed by atoms with E-state index in [4.69, 9.17) is 4.74 Å². The molecule has 1 heterocycles. The first kappa shape index (κ1) is 22.1. The van der Waals surface area contributed by atoms with E-state index in [1.54, 1.807) is 24.1 Å². The first-order valence-electron chi connectivity index (χ1n) is 10.6. The summed E-state index contributed by atoms with van der Waals surface area (Å²) in [4.78, 5) is 30.3. The number of hydrogen-bond donors (Lipinski definition) is 2. The van der Waals surface area contributed by atoms with Crippen molar-refractivity contribution in [2.75, 3.05) is 19.0 Å². The highest BCUT2D eigenvalue weighted by molar-refractivity contribution is 5.89. The third-order valence-electron chi connectivity index (χ3n) is 5.39. The number of urea groups is 1. The molecule has 0 bridgehead atoms. The maximum atomic E-state index is 13.2. The molecule has 0 unspecified atom stereocenters. The molecule has 0 atom stereocenters. The van der Waals surface area contributed by atoms with Crippen molar-refractivity contribution in [3.05, 3.63) is 106 Å². The molecule has 2 amide bonds. The molecule has 1 aromatic heterocycles. The van der Waals surface area contributed by atoms with E-state index in [9.17, 15) is 14.0 Å². The number of halogens is 1. The molecule has 6 nitrogen and oxygen atoms in total. The van der Waals surface area contributed by atoms with Crippen molar-refractivity contribution >= 4 is 22.6 Å². The third-order valence-corrected chi connectivity index (χ3v) is 5.39. The Balaban J connectivity index is 1.59. The lowest BCUT2D eigenvalue weighted by Gasteiger charge is -2.23. The summed E-state index contributed by atoms with van der Waals surface area (Å²) in [7, 11) is 1.57. The molecule has 7 heteroatoms. The molecule has 0 saturated heterocycles. The first-order chi connectivity index (χ1) is 16.0. The van der Waals surface area contributed by atoms with Gasteiger partial charge in [-0.1, -0.05) is 30.3 Å². The third kappa shape index (κ3) is 5.57. The number of anilines is 1.